The lowest BCUT2D eigenvalue weighted by molar-refractivity contribution is -0.120. The van der Waals surface area contributed by atoms with Crippen molar-refractivity contribution in [3.05, 3.63) is 18.0 Å². The third-order valence-corrected chi connectivity index (χ3v) is 5.33. The first-order chi connectivity index (χ1) is 9.35. The van der Waals surface area contributed by atoms with Crippen LogP contribution in [0.25, 0.3) is 0 Å². The molecule has 0 fully saturated rings. The number of rotatable bonds is 6. The fourth-order valence-corrected chi connectivity index (χ4v) is 3.22. The quantitative estimate of drug-likeness (QED) is 0.545. The summed E-state index contributed by atoms with van der Waals surface area (Å²) in [6, 6.07) is 1.64. The van der Waals surface area contributed by atoms with Crippen LogP contribution >= 0.6 is 21.6 Å². The van der Waals surface area contributed by atoms with Crippen molar-refractivity contribution >= 4 is 33.2 Å². The van der Waals surface area contributed by atoms with Crippen molar-refractivity contribution in [1.29, 1.82) is 0 Å². The van der Waals surface area contributed by atoms with Crippen molar-refractivity contribution in [1.82, 2.24) is 4.98 Å². The van der Waals surface area contributed by atoms with Gasteiger partial charge in [0.25, 0.3) is 5.91 Å². The fourth-order valence-electron chi connectivity index (χ4n) is 1.17. The summed E-state index contributed by atoms with van der Waals surface area (Å²) in [5.74, 6) is 4.51. The van der Waals surface area contributed by atoms with Crippen LogP contribution < -0.4 is 11.2 Å². The summed E-state index contributed by atoms with van der Waals surface area (Å²) >= 11 is 0. The molecule has 4 N–H and O–H groups in total. The maximum Gasteiger partial charge on any atom is 0.252 e. The van der Waals surface area contributed by atoms with E-state index in [1.54, 1.807) is 23.1 Å². The van der Waals surface area contributed by atoms with Crippen molar-refractivity contribution in [2.45, 2.75) is 37.0 Å². The zero-order chi connectivity index (χ0) is 15.2. The first-order valence-corrected chi connectivity index (χ1v) is 8.07. The van der Waals surface area contributed by atoms with Crippen LogP contribution in [-0.4, -0.2) is 27.4 Å². The van der Waals surface area contributed by atoms with E-state index in [0.29, 0.717) is 11.4 Å². The number of nitrogens with one attached hydrogen (secondary N) is 1. The van der Waals surface area contributed by atoms with E-state index in [2.05, 4.69) is 35.9 Å². The molecule has 1 aromatic heterocycles. The van der Waals surface area contributed by atoms with Gasteiger partial charge in [0.15, 0.2) is 0 Å². The molecule has 0 saturated heterocycles. The number of pyridine rings is 1. The molecule has 20 heavy (non-hydrogen) atoms. The van der Waals surface area contributed by atoms with Gasteiger partial charge in [-0.25, -0.2) is 5.90 Å². The summed E-state index contributed by atoms with van der Waals surface area (Å²) < 4.78 is 0.0714. The number of amides is 1. The minimum absolute atomic E-state index is 0.0714. The molecule has 1 heterocycles. The standard InChI is InChI=1S/C12H19N3O3S2/c1-12(2,3)20-19-10-5-14-8(6-16)4-9(10)15-11(17)7-18-13/h4-5,16H,6-7,13H2,1-3H3,(H,14,15,17). The van der Waals surface area contributed by atoms with Crippen LogP contribution in [0.5, 0.6) is 0 Å². The van der Waals surface area contributed by atoms with Crippen LogP contribution in [0.3, 0.4) is 0 Å². The van der Waals surface area contributed by atoms with Gasteiger partial charge in [0.05, 0.1) is 22.9 Å². The molecule has 0 unspecified atom stereocenters. The Balaban J connectivity index is 2.88. The van der Waals surface area contributed by atoms with E-state index >= 15 is 0 Å². The highest BCUT2D eigenvalue weighted by Crippen LogP contribution is 2.43. The van der Waals surface area contributed by atoms with Crippen LogP contribution in [0, 0.1) is 0 Å². The number of hydrogen-bond acceptors (Lipinski definition) is 7. The molecule has 0 aliphatic carbocycles. The van der Waals surface area contributed by atoms with Gasteiger partial charge >= 0.3 is 0 Å². The normalized spacial score (nSPS) is 11.4. The van der Waals surface area contributed by atoms with Gasteiger partial charge in [0.2, 0.25) is 0 Å². The Kier molecular flexibility index (Phi) is 6.77. The lowest BCUT2D eigenvalue weighted by Crippen LogP contribution is -2.21. The van der Waals surface area contributed by atoms with Gasteiger partial charge < -0.3 is 10.4 Å². The topological polar surface area (TPSA) is 97.5 Å². The van der Waals surface area contributed by atoms with E-state index in [1.807, 2.05) is 0 Å². The van der Waals surface area contributed by atoms with E-state index in [0.717, 1.165) is 4.90 Å². The first kappa shape index (κ1) is 17.3. The van der Waals surface area contributed by atoms with Crippen molar-refractivity contribution in [2.24, 2.45) is 5.90 Å². The predicted octanol–water partition coefficient (Wildman–Crippen LogP) is 1.94. The number of carbonyl (C=O) groups excluding carboxylic acids is 1. The molecule has 0 bridgehead atoms. The molecule has 0 spiro atoms. The molecular formula is C12H19N3O3S2. The van der Waals surface area contributed by atoms with E-state index in [1.165, 1.54) is 10.8 Å². The molecule has 112 valence electrons. The summed E-state index contributed by atoms with van der Waals surface area (Å²) in [7, 11) is 3.18. The Morgan fingerprint density at radius 3 is 2.80 bits per heavy atom. The van der Waals surface area contributed by atoms with E-state index < -0.39 is 0 Å². The van der Waals surface area contributed by atoms with Crippen LogP contribution in [0.2, 0.25) is 0 Å². The molecule has 6 nitrogen and oxygen atoms in total. The van der Waals surface area contributed by atoms with Crippen LogP contribution in [0.15, 0.2) is 17.2 Å². The van der Waals surface area contributed by atoms with Crippen LogP contribution in [0.1, 0.15) is 26.5 Å². The molecule has 0 aliphatic heterocycles. The second kappa shape index (κ2) is 7.84. The number of aromatic nitrogens is 1. The first-order valence-electron chi connectivity index (χ1n) is 5.92. The molecule has 0 radical (unpaired) electrons. The van der Waals surface area contributed by atoms with Gasteiger partial charge in [-0.3, -0.25) is 14.6 Å². The highest BCUT2D eigenvalue weighted by Gasteiger charge is 2.15. The second-order valence-electron chi connectivity index (χ2n) is 4.97. The van der Waals surface area contributed by atoms with Crippen LogP contribution in [-0.2, 0) is 16.2 Å². The summed E-state index contributed by atoms with van der Waals surface area (Å²) in [5, 5.41) is 11.8. The minimum Gasteiger partial charge on any atom is -0.390 e. The molecule has 0 saturated carbocycles. The molecule has 0 aromatic carbocycles. The van der Waals surface area contributed by atoms with Gasteiger partial charge in [0, 0.05) is 10.9 Å². The number of carbonyl (C=O) groups is 1. The molecule has 1 rings (SSSR count). The fraction of sp³-hybridized carbons (Fsp3) is 0.500. The zero-order valence-electron chi connectivity index (χ0n) is 11.7. The molecule has 1 amide bonds. The van der Waals surface area contributed by atoms with Gasteiger partial charge in [-0.05, 0) is 6.07 Å². The number of nitrogens with zero attached hydrogens (tertiary/aromatic N) is 1. The highest BCUT2D eigenvalue weighted by molar-refractivity contribution is 8.77. The third kappa shape index (κ3) is 6.10. The summed E-state index contributed by atoms with van der Waals surface area (Å²) in [5.41, 5.74) is 1.08. The van der Waals surface area contributed by atoms with E-state index in [-0.39, 0.29) is 23.9 Å². The van der Waals surface area contributed by atoms with Gasteiger partial charge in [0.1, 0.15) is 6.61 Å². The van der Waals surface area contributed by atoms with Crippen molar-refractivity contribution in [3.8, 4) is 0 Å². The van der Waals surface area contributed by atoms with E-state index in [4.69, 9.17) is 11.0 Å². The minimum atomic E-state index is -0.356. The monoisotopic (exact) mass is 317 g/mol. The van der Waals surface area contributed by atoms with Crippen molar-refractivity contribution in [3.63, 3.8) is 0 Å². The van der Waals surface area contributed by atoms with Crippen LogP contribution in [0.4, 0.5) is 5.69 Å². The average molecular weight is 317 g/mol. The van der Waals surface area contributed by atoms with Gasteiger partial charge in [-0.15, -0.1) is 0 Å². The highest BCUT2D eigenvalue weighted by atomic mass is 33.1. The Hall–Kier alpha value is -0.800. The number of anilines is 1. The molecule has 0 aliphatic rings. The summed E-state index contributed by atoms with van der Waals surface area (Å²) in [4.78, 5) is 20.8. The Labute approximate surface area is 126 Å². The average Bonchev–Trinajstić information content (AvgIpc) is 2.36. The number of aliphatic hydroxyl groups is 1. The number of aliphatic hydroxyl groups excluding tert-OH is 1. The molecule has 0 atom stereocenters. The smallest absolute Gasteiger partial charge is 0.252 e. The molecule has 8 heteroatoms. The largest absolute Gasteiger partial charge is 0.390 e. The Bertz CT molecular complexity index is 464. The van der Waals surface area contributed by atoms with Gasteiger partial charge in [-0.1, -0.05) is 42.4 Å². The Morgan fingerprint density at radius 1 is 1.55 bits per heavy atom. The lowest BCUT2D eigenvalue weighted by atomic mass is 10.3. The summed E-state index contributed by atoms with van der Waals surface area (Å²) in [6.07, 6.45) is 1.63. The molecular weight excluding hydrogens is 298 g/mol. The van der Waals surface area contributed by atoms with Gasteiger partial charge in [-0.2, -0.15) is 0 Å². The summed E-state index contributed by atoms with van der Waals surface area (Å²) in [6.45, 7) is 5.88. The predicted molar refractivity (Wildman–Crippen MR) is 82.1 cm³/mol. The van der Waals surface area contributed by atoms with E-state index in [9.17, 15) is 4.79 Å². The maximum atomic E-state index is 11.6. The second-order valence-corrected chi connectivity index (χ2v) is 7.97. The van der Waals surface area contributed by atoms with Crippen molar-refractivity contribution < 1.29 is 14.7 Å². The molecule has 1 aromatic rings. The van der Waals surface area contributed by atoms with Crippen molar-refractivity contribution in [2.75, 3.05) is 11.9 Å². The number of nitrogens with two attached hydrogens (primary N) is 1. The zero-order valence-corrected chi connectivity index (χ0v) is 13.3. The maximum absolute atomic E-state index is 11.6. The third-order valence-electron chi connectivity index (χ3n) is 1.96. The SMILES string of the molecule is CC(C)(C)SSc1cnc(CO)cc1NC(=O)CON. The Morgan fingerprint density at radius 2 is 2.25 bits per heavy atom. The number of hydrogen-bond donors (Lipinski definition) is 3. The lowest BCUT2D eigenvalue weighted by Gasteiger charge is -2.18.